The third-order valence-electron chi connectivity index (χ3n) is 3.95. The molecule has 0 aliphatic heterocycles. The van der Waals surface area contributed by atoms with Crippen LogP contribution in [0.4, 0.5) is 11.8 Å². The maximum Gasteiger partial charge on any atom is 0.224 e. The fraction of sp³-hybridized carbons (Fsp3) is 0.353. The second-order valence-corrected chi connectivity index (χ2v) is 6.28. The monoisotopic (exact) mass is 343 g/mol. The van der Waals surface area contributed by atoms with Crippen molar-refractivity contribution < 1.29 is 5.11 Å². The van der Waals surface area contributed by atoms with Gasteiger partial charge in [0.05, 0.1) is 12.3 Å². The average molecular weight is 344 g/mol. The van der Waals surface area contributed by atoms with Crippen LogP contribution < -0.4 is 10.6 Å². The van der Waals surface area contributed by atoms with Gasteiger partial charge in [-0.15, -0.1) is 0 Å². The zero-order chi connectivity index (χ0) is 16.9. The van der Waals surface area contributed by atoms with Crippen LogP contribution in [0.2, 0.25) is 5.02 Å². The van der Waals surface area contributed by atoms with Gasteiger partial charge in [-0.3, -0.25) is 0 Å². The molecule has 0 amide bonds. The van der Waals surface area contributed by atoms with Gasteiger partial charge in [0.25, 0.3) is 0 Å². The van der Waals surface area contributed by atoms with Crippen LogP contribution in [0.15, 0.2) is 30.5 Å². The Kier molecular flexibility index (Phi) is 5.14. The first-order valence-corrected chi connectivity index (χ1v) is 8.22. The lowest BCUT2D eigenvalue weighted by Gasteiger charge is -2.32. The lowest BCUT2D eigenvalue weighted by molar-refractivity contribution is 0.0835. The summed E-state index contributed by atoms with van der Waals surface area (Å²) in [7, 11) is 0. The van der Waals surface area contributed by atoms with Crippen molar-refractivity contribution in [1.29, 1.82) is 5.26 Å². The van der Waals surface area contributed by atoms with Crippen LogP contribution >= 0.6 is 11.6 Å². The lowest BCUT2D eigenvalue weighted by atomic mass is 9.89. The second-order valence-electron chi connectivity index (χ2n) is 5.84. The molecule has 2 aromatic rings. The topological polar surface area (TPSA) is 93.9 Å². The highest BCUT2D eigenvalue weighted by Crippen LogP contribution is 2.25. The van der Waals surface area contributed by atoms with Gasteiger partial charge in [0.2, 0.25) is 5.95 Å². The Labute approximate surface area is 145 Å². The van der Waals surface area contributed by atoms with Gasteiger partial charge in [-0.05, 0) is 37.0 Å². The maximum absolute atomic E-state index is 9.36. The van der Waals surface area contributed by atoms with Crippen molar-refractivity contribution in [2.45, 2.75) is 31.4 Å². The summed E-state index contributed by atoms with van der Waals surface area (Å²) in [6.45, 7) is 0.661. The molecule has 0 saturated heterocycles. The molecule has 1 aromatic heterocycles. The number of nitrogens with zero attached hydrogens (tertiary/aromatic N) is 3. The van der Waals surface area contributed by atoms with E-state index in [1.807, 2.05) is 24.3 Å². The molecule has 0 atom stereocenters. The Morgan fingerprint density at radius 2 is 2.21 bits per heavy atom. The first-order valence-electron chi connectivity index (χ1n) is 7.84. The van der Waals surface area contributed by atoms with Crippen LogP contribution in [0.1, 0.15) is 24.0 Å². The average Bonchev–Trinajstić information content (AvgIpc) is 2.54. The van der Waals surface area contributed by atoms with E-state index >= 15 is 0 Å². The fourth-order valence-electron chi connectivity index (χ4n) is 2.57. The molecule has 124 valence electrons. The van der Waals surface area contributed by atoms with E-state index in [1.165, 1.54) is 6.20 Å². The van der Waals surface area contributed by atoms with Crippen molar-refractivity contribution in [3.05, 3.63) is 46.6 Å². The molecule has 1 fully saturated rings. The number of nitrogens with one attached hydrogen (secondary N) is 2. The maximum atomic E-state index is 9.36. The van der Waals surface area contributed by atoms with Gasteiger partial charge in [0, 0.05) is 17.6 Å². The predicted molar refractivity (Wildman–Crippen MR) is 93.0 cm³/mol. The Morgan fingerprint density at radius 1 is 1.38 bits per heavy atom. The Balaban J connectivity index is 1.60. The molecule has 1 saturated carbocycles. The number of nitriles is 1. The minimum absolute atomic E-state index is 0.154. The normalized spacial score (nSPS) is 19.2. The smallest absolute Gasteiger partial charge is 0.224 e. The molecule has 24 heavy (non-hydrogen) atoms. The summed E-state index contributed by atoms with van der Waals surface area (Å²) in [5, 5.41) is 25.6. The summed E-state index contributed by atoms with van der Waals surface area (Å²) in [6, 6.07) is 9.95. The third-order valence-corrected chi connectivity index (χ3v) is 4.18. The molecule has 0 radical (unpaired) electrons. The number of anilines is 2. The molecule has 0 bridgehead atoms. The summed E-state index contributed by atoms with van der Waals surface area (Å²) in [6.07, 6.45) is 3.39. The Morgan fingerprint density at radius 3 is 2.92 bits per heavy atom. The van der Waals surface area contributed by atoms with Gasteiger partial charge in [-0.25, -0.2) is 4.98 Å². The summed E-state index contributed by atoms with van der Waals surface area (Å²) in [4.78, 5) is 8.54. The van der Waals surface area contributed by atoms with Crippen LogP contribution in [0.5, 0.6) is 0 Å². The van der Waals surface area contributed by atoms with Gasteiger partial charge in [0.15, 0.2) is 0 Å². The van der Waals surface area contributed by atoms with E-state index in [0.717, 1.165) is 17.0 Å². The number of hydrogen-bond acceptors (Lipinski definition) is 6. The lowest BCUT2D eigenvalue weighted by Crippen LogP contribution is -2.39. The van der Waals surface area contributed by atoms with Crippen LogP contribution in [-0.4, -0.2) is 33.8 Å². The van der Waals surface area contributed by atoms with Crippen molar-refractivity contribution in [2.24, 2.45) is 0 Å². The van der Waals surface area contributed by atoms with Crippen LogP contribution in [0.25, 0.3) is 0 Å². The molecular formula is C17H18ClN5O. The van der Waals surface area contributed by atoms with Gasteiger partial charge >= 0.3 is 0 Å². The number of aliphatic hydroxyl groups excluding tert-OH is 1. The summed E-state index contributed by atoms with van der Waals surface area (Å²) in [5.41, 5.74) is 1.53. The number of benzene rings is 1. The summed E-state index contributed by atoms with van der Waals surface area (Å²) < 4.78 is 0. The molecule has 1 heterocycles. The van der Waals surface area contributed by atoms with Gasteiger partial charge in [-0.1, -0.05) is 23.7 Å². The predicted octanol–water partition coefficient (Wildman–Crippen LogP) is 2.59. The summed E-state index contributed by atoms with van der Waals surface area (Å²) >= 11 is 5.97. The van der Waals surface area contributed by atoms with E-state index < -0.39 is 0 Å². The SMILES string of the molecule is N#Cc1cnc(NCCc2cccc(Cl)c2)nc1N[C@H]1C[C@@H](O)C1. The molecule has 3 rings (SSSR count). The largest absolute Gasteiger partial charge is 0.393 e. The summed E-state index contributed by atoms with van der Waals surface area (Å²) in [5.74, 6) is 0.980. The Bertz CT molecular complexity index is 755. The van der Waals surface area contributed by atoms with E-state index in [9.17, 15) is 5.11 Å². The van der Waals surface area contributed by atoms with E-state index in [2.05, 4.69) is 26.7 Å². The number of halogens is 1. The minimum Gasteiger partial charge on any atom is -0.393 e. The zero-order valence-corrected chi connectivity index (χ0v) is 13.8. The zero-order valence-electron chi connectivity index (χ0n) is 13.0. The molecule has 1 aliphatic carbocycles. The highest BCUT2D eigenvalue weighted by molar-refractivity contribution is 6.30. The molecule has 6 nitrogen and oxygen atoms in total. The molecule has 1 aliphatic rings. The number of rotatable bonds is 6. The highest BCUT2D eigenvalue weighted by Gasteiger charge is 2.28. The van der Waals surface area contributed by atoms with Crippen LogP contribution in [0.3, 0.4) is 0 Å². The van der Waals surface area contributed by atoms with E-state index in [0.29, 0.717) is 36.7 Å². The van der Waals surface area contributed by atoms with Crippen molar-refractivity contribution in [2.75, 3.05) is 17.2 Å². The number of aliphatic hydroxyl groups is 1. The minimum atomic E-state index is -0.259. The molecular weight excluding hydrogens is 326 g/mol. The second kappa shape index (κ2) is 7.47. The van der Waals surface area contributed by atoms with Crippen LogP contribution in [-0.2, 0) is 6.42 Å². The van der Waals surface area contributed by atoms with E-state index in [-0.39, 0.29) is 12.1 Å². The number of hydrogen-bond donors (Lipinski definition) is 3. The van der Waals surface area contributed by atoms with E-state index in [4.69, 9.17) is 16.9 Å². The first-order chi connectivity index (χ1) is 11.6. The van der Waals surface area contributed by atoms with Crippen molar-refractivity contribution in [3.8, 4) is 6.07 Å². The first kappa shape index (κ1) is 16.5. The van der Waals surface area contributed by atoms with Crippen LogP contribution in [0, 0.1) is 11.3 Å². The third kappa shape index (κ3) is 4.13. The van der Waals surface area contributed by atoms with Crippen molar-refractivity contribution >= 4 is 23.4 Å². The number of aromatic nitrogens is 2. The molecule has 1 aromatic carbocycles. The van der Waals surface area contributed by atoms with Gasteiger partial charge in [-0.2, -0.15) is 10.2 Å². The molecule has 0 spiro atoms. The van der Waals surface area contributed by atoms with Gasteiger partial charge < -0.3 is 15.7 Å². The fourth-order valence-corrected chi connectivity index (χ4v) is 2.78. The van der Waals surface area contributed by atoms with Crippen molar-refractivity contribution in [1.82, 2.24) is 9.97 Å². The molecule has 0 unspecified atom stereocenters. The quantitative estimate of drug-likeness (QED) is 0.746. The van der Waals surface area contributed by atoms with Gasteiger partial charge in [0.1, 0.15) is 17.5 Å². The van der Waals surface area contributed by atoms with E-state index in [1.54, 1.807) is 0 Å². The molecule has 7 heteroatoms. The Hall–Kier alpha value is -2.36. The molecule has 3 N–H and O–H groups in total. The highest BCUT2D eigenvalue weighted by atomic mass is 35.5. The standard InChI is InChI=1S/C17H18ClN5O/c18-13-3-1-2-11(6-13)4-5-20-17-21-10-12(9-19)16(23-17)22-14-7-15(24)8-14/h1-3,6,10,14-15,24H,4-5,7-8H2,(H2,20,21,22,23)/t14-,15+. The van der Waals surface area contributed by atoms with Crippen molar-refractivity contribution in [3.63, 3.8) is 0 Å².